The zero-order chi connectivity index (χ0) is 12.5. The minimum atomic E-state index is 0.321. The molecule has 3 heterocycles. The van der Waals surface area contributed by atoms with Crippen LogP contribution in [-0.4, -0.2) is 29.9 Å². The van der Waals surface area contributed by atoms with Gasteiger partial charge in [0, 0.05) is 13.2 Å². The van der Waals surface area contributed by atoms with E-state index in [-0.39, 0.29) is 0 Å². The summed E-state index contributed by atoms with van der Waals surface area (Å²) in [7, 11) is 1.80. The third-order valence-corrected chi connectivity index (χ3v) is 2.41. The smallest absolute Gasteiger partial charge is 0.274 e. The standard InChI is InChI=1S/C10H7N7O/c1-17-4-6(3-11)2-7(17)10-14-9(16-18-10)8-12-5-13-15-8/h2,4-5H,1H3,(H,12,13,15). The molecule has 0 saturated heterocycles. The van der Waals surface area contributed by atoms with E-state index in [1.807, 2.05) is 0 Å². The maximum atomic E-state index is 8.82. The quantitative estimate of drug-likeness (QED) is 0.708. The minimum absolute atomic E-state index is 0.321. The van der Waals surface area contributed by atoms with Crippen molar-refractivity contribution in [1.82, 2.24) is 29.9 Å². The number of nitriles is 1. The van der Waals surface area contributed by atoms with E-state index in [0.29, 0.717) is 28.8 Å². The second kappa shape index (κ2) is 3.81. The predicted octanol–water partition coefficient (Wildman–Crippen LogP) is 0.732. The van der Waals surface area contributed by atoms with Crippen molar-refractivity contribution in [3.05, 3.63) is 24.2 Å². The normalized spacial score (nSPS) is 10.4. The summed E-state index contributed by atoms with van der Waals surface area (Å²) in [6.45, 7) is 0. The van der Waals surface area contributed by atoms with Crippen LogP contribution in [0.3, 0.4) is 0 Å². The van der Waals surface area contributed by atoms with E-state index in [4.69, 9.17) is 9.78 Å². The van der Waals surface area contributed by atoms with Crippen molar-refractivity contribution in [3.63, 3.8) is 0 Å². The molecule has 0 atom stereocenters. The number of aromatic nitrogens is 6. The van der Waals surface area contributed by atoms with Gasteiger partial charge in [-0.1, -0.05) is 5.16 Å². The fourth-order valence-corrected chi connectivity index (χ4v) is 1.58. The van der Waals surface area contributed by atoms with Gasteiger partial charge in [0.2, 0.25) is 5.82 Å². The number of hydrogen-bond donors (Lipinski definition) is 1. The van der Waals surface area contributed by atoms with Crippen molar-refractivity contribution in [2.75, 3.05) is 0 Å². The molecule has 3 aromatic heterocycles. The molecule has 18 heavy (non-hydrogen) atoms. The number of aromatic amines is 1. The molecule has 8 heteroatoms. The Balaban J connectivity index is 2.03. The van der Waals surface area contributed by atoms with Gasteiger partial charge in [-0.25, -0.2) is 4.98 Å². The molecule has 3 aromatic rings. The molecule has 88 valence electrons. The Bertz CT molecular complexity index is 716. The van der Waals surface area contributed by atoms with Crippen LogP contribution >= 0.6 is 0 Å². The van der Waals surface area contributed by atoms with Crippen LogP contribution in [0.15, 0.2) is 23.1 Å². The van der Waals surface area contributed by atoms with E-state index in [1.165, 1.54) is 6.33 Å². The van der Waals surface area contributed by atoms with E-state index in [9.17, 15) is 0 Å². The van der Waals surface area contributed by atoms with Crippen molar-refractivity contribution in [1.29, 1.82) is 5.26 Å². The van der Waals surface area contributed by atoms with Gasteiger partial charge in [-0.2, -0.15) is 15.3 Å². The molecular formula is C10H7N7O. The Labute approximate surface area is 101 Å². The fraction of sp³-hybridized carbons (Fsp3) is 0.100. The Morgan fingerprint density at radius 3 is 3.06 bits per heavy atom. The van der Waals surface area contributed by atoms with Gasteiger partial charge in [-0.05, 0) is 6.07 Å². The molecule has 0 aliphatic heterocycles. The number of nitrogens with one attached hydrogen (secondary N) is 1. The first-order valence-electron chi connectivity index (χ1n) is 5.04. The first-order valence-corrected chi connectivity index (χ1v) is 5.04. The summed E-state index contributed by atoms with van der Waals surface area (Å²) in [5.41, 5.74) is 1.21. The molecule has 0 saturated carbocycles. The lowest BCUT2D eigenvalue weighted by atomic mass is 10.3. The van der Waals surface area contributed by atoms with E-state index in [0.717, 1.165) is 0 Å². The number of nitrogens with zero attached hydrogens (tertiary/aromatic N) is 6. The highest BCUT2D eigenvalue weighted by Gasteiger charge is 2.15. The highest BCUT2D eigenvalue weighted by Crippen LogP contribution is 2.21. The van der Waals surface area contributed by atoms with Crippen LogP contribution in [0.25, 0.3) is 23.2 Å². The molecular weight excluding hydrogens is 234 g/mol. The summed E-state index contributed by atoms with van der Waals surface area (Å²) >= 11 is 0. The number of aryl methyl sites for hydroxylation is 1. The molecule has 0 amide bonds. The highest BCUT2D eigenvalue weighted by molar-refractivity contribution is 5.55. The lowest BCUT2D eigenvalue weighted by Crippen LogP contribution is -1.89. The van der Waals surface area contributed by atoms with Gasteiger partial charge in [0.05, 0.1) is 5.56 Å². The molecule has 0 radical (unpaired) electrons. The molecule has 0 aliphatic rings. The summed E-state index contributed by atoms with van der Waals surface area (Å²) < 4.78 is 6.88. The van der Waals surface area contributed by atoms with Crippen LogP contribution in [0.2, 0.25) is 0 Å². The fourth-order valence-electron chi connectivity index (χ4n) is 1.58. The van der Waals surface area contributed by atoms with Crippen LogP contribution in [0.4, 0.5) is 0 Å². The number of rotatable bonds is 2. The topological polar surface area (TPSA) is 109 Å². The van der Waals surface area contributed by atoms with Crippen LogP contribution in [0.1, 0.15) is 5.56 Å². The Kier molecular flexibility index (Phi) is 2.16. The summed E-state index contributed by atoms with van der Waals surface area (Å²) in [6.07, 6.45) is 3.05. The van der Waals surface area contributed by atoms with Gasteiger partial charge in [-0.3, -0.25) is 5.10 Å². The maximum absolute atomic E-state index is 8.82. The minimum Gasteiger partial charge on any atom is -0.345 e. The van der Waals surface area contributed by atoms with Gasteiger partial charge in [0.1, 0.15) is 18.1 Å². The summed E-state index contributed by atoms with van der Waals surface area (Å²) in [6, 6.07) is 3.73. The summed E-state index contributed by atoms with van der Waals surface area (Å²) in [5.74, 6) is 1.08. The van der Waals surface area contributed by atoms with Crippen LogP contribution in [0.5, 0.6) is 0 Å². The van der Waals surface area contributed by atoms with E-state index < -0.39 is 0 Å². The number of H-pyrrole nitrogens is 1. The Hall–Kier alpha value is -2.95. The van der Waals surface area contributed by atoms with Crippen molar-refractivity contribution in [2.24, 2.45) is 7.05 Å². The lowest BCUT2D eigenvalue weighted by Gasteiger charge is -1.94. The summed E-state index contributed by atoms with van der Waals surface area (Å²) in [5, 5.41) is 19.0. The second-order valence-electron chi connectivity index (χ2n) is 3.59. The average Bonchev–Trinajstić information content (AvgIpc) is 3.08. The SMILES string of the molecule is Cn1cc(C#N)cc1-c1nc(-c2ncn[nH]2)no1. The molecule has 0 spiro atoms. The van der Waals surface area contributed by atoms with Gasteiger partial charge in [0.25, 0.3) is 5.89 Å². The lowest BCUT2D eigenvalue weighted by molar-refractivity contribution is 0.429. The Morgan fingerprint density at radius 2 is 2.39 bits per heavy atom. The predicted molar refractivity (Wildman–Crippen MR) is 58.8 cm³/mol. The van der Waals surface area contributed by atoms with Gasteiger partial charge in [-0.15, -0.1) is 0 Å². The zero-order valence-corrected chi connectivity index (χ0v) is 9.32. The first-order chi connectivity index (χ1) is 8.78. The summed E-state index contributed by atoms with van der Waals surface area (Å²) in [4.78, 5) is 8.12. The van der Waals surface area contributed by atoms with Crippen LogP contribution in [-0.2, 0) is 7.05 Å². The van der Waals surface area contributed by atoms with Gasteiger partial charge in [0.15, 0.2) is 5.82 Å². The van der Waals surface area contributed by atoms with Crippen molar-refractivity contribution >= 4 is 0 Å². The van der Waals surface area contributed by atoms with Gasteiger partial charge >= 0.3 is 0 Å². The molecule has 0 bridgehead atoms. The number of hydrogen-bond acceptors (Lipinski definition) is 6. The van der Waals surface area contributed by atoms with E-state index >= 15 is 0 Å². The van der Waals surface area contributed by atoms with Gasteiger partial charge < -0.3 is 9.09 Å². The van der Waals surface area contributed by atoms with Crippen LogP contribution in [0, 0.1) is 11.3 Å². The Morgan fingerprint density at radius 1 is 1.50 bits per heavy atom. The largest absolute Gasteiger partial charge is 0.345 e. The highest BCUT2D eigenvalue weighted by atomic mass is 16.5. The second-order valence-corrected chi connectivity index (χ2v) is 3.59. The van der Waals surface area contributed by atoms with Crippen molar-refractivity contribution < 1.29 is 4.52 Å². The third kappa shape index (κ3) is 1.54. The van der Waals surface area contributed by atoms with Crippen molar-refractivity contribution in [3.8, 4) is 29.3 Å². The molecule has 3 rings (SSSR count). The first kappa shape index (κ1) is 10.2. The molecule has 0 unspecified atom stereocenters. The third-order valence-electron chi connectivity index (χ3n) is 2.41. The van der Waals surface area contributed by atoms with E-state index in [1.54, 1.807) is 23.9 Å². The molecule has 8 nitrogen and oxygen atoms in total. The molecule has 0 fully saturated rings. The molecule has 0 aromatic carbocycles. The maximum Gasteiger partial charge on any atom is 0.274 e. The zero-order valence-electron chi connectivity index (χ0n) is 9.32. The van der Waals surface area contributed by atoms with E-state index in [2.05, 4.69) is 31.4 Å². The van der Waals surface area contributed by atoms with Crippen molar-refractivity contribution in [2.45, 2.75) is 0 Å². The average molecular weight is 241 g/mol. The molecule has 1 N–H and O–H groups in total. The molecule has 0 aliphatic carbocycles. The monoisotopic (exact) mass is 241 g/mol. The van der Waals surface area contributed by atoms with Crippen LogP contribution < -0.4 is 0 Å².